The molecule has 0 aliphatic heterocycles. The Hall–Kier alpha value is -2.64. The van der Waals surface area contributed by atoms with Crippen LogP contribution in [0.2, 0.25) is 0 Å². The van der Waals surface area contributed by atoms with Crippen LogP contribution in [0, 0.1) is 0 Å². The Morgan fingerprint density at radius 3 is 2.78 bits per heavy atom. The fourth-order valence-electron chi connectivity index (χ4n) is 2.47. The van der Waals surface area contributed by atoms with Gasteiger partial charge >= 0.3 is 0 Å². The van der Waals surface area contributed by atoms with Crippen molar-refractivity contribution in [2.45, 2.75) is 0 Å². The van der Waals surface area contributed by atoms with Crippen LogP contribution in [-0.2, 0) is 0 Å². The molecule has 0 radical (unpaired) electrons. The summed E-state index contributed by atoms with van der Waals surface area (Å²) < 4.78 is 1.79. The Bertz CT molecular complexity index is 1120. The molecule has 0 atom stereocenters. The van der Waals surface area contributed by atoms with Crippen molar-refractivity contribution in [1.29, 1.82) is 0 Å². The van der Waals surface area contributed by atoms with Gasteiger partial charge in [0, 0.05) is 5.39 Å². The lowest BCUT2D eigenvalue weighted by Crippen LogP contribution is -1.90. The predicted octanol–water partition coefficient (Wildman–Crippen LogP) is 4.13. The predicted molar refractivity (Wildman–Crippen MR) is 92.7 cm³/mol. The summed E-state index contributed by atoms with van der Waals surface area (Å²) in [6.07, 6.45) is 0. The Morgan fingerprint density at radius 2 is 1.87 bits per heavy atom. The Kier molecular flexibility index (Phi) is 2.76. The average Bonchev–Trinajstić information content (AvgIpc) is 3.30. The van der Waals surface area contributed by atoms with E-state index in [9.17, 15) is 0 Å². The van der Waals surface area contributed by atoms with E-state index in [2.05, 4.69) is 27.4 Å². The van der Waals surface area contributed by atoms with Gasteiger partial charge in [0.25, 0.3) is 0 Å². The van der Waals surface area contributed by atoms with Crippen molar-refractivity contribution in [2.75, 3.05) is 0 Å². The highest BCUT2D eigenvalue weighted by Crippen LogP contribution is 2.29. The molecule has 0 spiro atoms. The third kappa shape index (κ3) is 2.05. The molecule has 0 fully saturated rings. The summed E-state index contributed by atoms with van der Waals surface area (Å²) >= 11 is 3.13. The maximum absolute atomic E-state index is 4.70. The van der Waals surface area contributed by atoms with E-state index in [0.717, 1.165) is 37.3 Å². The summed E-state index contributed by atoms with van der Waals surface area (Å²) in [5, 5.41) is 17.1. The summed E-state index contributed by atoms with van der Waals surface area (Å²) in [6, 6.07) is 16.2. The van der Waals surface area contributed by atoms with Gasteiger partial charge in [-0.25, -0.2) is 4.98 Å². The van der Waals surface area contributed by atoms with E-state index in [4.69, 9.17) is 4.98 Å². The highest BCUT2D eigenvalue weighted by atomic mass is 32.1. The highest BCUT2D eigenvalue weighted by Gasteiger charge is 2.15. The van der Waals surface area contributed by atoms with Crippen LogP contribution in [0.15, 0.2) is 53.9 Å². The number of fused-ring (bicyclic) bond motifs is 2. The summed E-state index contributed by atoms with van der Waals surface area (Å²) in [4.78, 5) is 6.53. The molecular formula is C16H9N5S2. The monoisotopic (exact) mass is 335 g/mol. The van der Waals surface area contributed by atoms with Gasteiger partial charge in [-0.3, -0.25) is 0 Å². The van der Waals surface area contributed by atoms with Crippen molar-refractivity contribution < 1.29 is 0 Å². The SMILES string of the molecule is c1csc(-c2nnc3sc(-c4ccc5ccccc5n4)nn23)c1. The second-order valence-electron chi connectivity index (χ2n) is 4.99. The van der Waals surface area contributed by atoms with E-state index < -0.39 is 0 Å². The minimum atomic E-state index is 0.776. The second-order valence-corrected chi connectivity index (χ2v) is 6.90. The summed E-state index contributed by atoms with van der Waals surface area (Å²) in [5.74, 6) is 0.776. The normalized spacial score (nSPS) is 11.5. The topological polar surface area (TPSA) is 56.0 Å². The van der Waals surface area contributed by atoms with Crippen LogP contribution >= 0.6 is 22.7 Å². The van der Waals surface area contributed by atoms with Gasteiger partial charge in [-0.1, -0.05) is 41.7 Å². The van der Waals surface area contributed by atoms with E-state index >= 15 is 0 Å². The largest absolute Gasteiger partial charge is 0.245 e. The smallest absolute Gasteiger partial charge is 0.235 e. The second kappa shape index (κ2) is 4.94. The molecule has 0 N–H and O–H groups in total. The Labute approximate surface area is 138 Å². The van der Waals surface area contributed by atoms with Crippen LogP contribution in [0.4, 0.5) is 0 Å². The van der Waals surface area contributed by atoms with Crippen LogP contribution in [-0.4, -0.2) is 24.8 Å². The molecule has 23 heavy (non-hydrogen) atoms. The third-order valence-corrected chi connectivity index (χ3v) is 5.34. The van der Waals surface area contributed by atoms with Crippen molar-refractivity contribution >= 4 is 38.5 Å². The highest BCUT2D eigenvalue weighted by molar-refractivity contribution is 7.19. The molecule has 0 aliphatic carbocycles. The molecule has 4 aromatic heterocycles. The van der Waals surface area contributed by atoms with Crippen LogP contribution in [0.25, 0.3) is 37.3 Å². The first-order valence-corrected chi connectivity index (χ1v) is 8.70. The van der Waals surface area contributed by atoms with E-state index in [1.807, 2.05) is 41.8 Å². The quantitative estimate of drug-likeness (QED) is 0.487. The minimum absolute atomic E-state index is 0.776. The number of thiophene rings is 1. The van der Waals surface area contributed by atoms with Crippen LogP contribution in [0.5, 0.6) is 0 Å². The molecule has 0 bridgehead atoms. The van der Waals surface area contributed by atoms with Gasteiger partial charge in [-0.2, -0.15) is 9.61 Å². The molecule has 0 saturated carbocycles. The number of benzene rings is 1. The first kappa shape index (κ1) is 12.9. The number of aromatic nitrogens is 5. The van der Waals surface area contributed by atoms with Crippen molar-refractivity contribution in [3.63, 3.8) is 0 Å². The number of para-hydroxylation sites is 1. The van der Waals surface area contributed by atoms with E-state index in [1.165, 1.54) is 11.3 Å². The molecule has 5 rings (SSSR count). The molecule has 4 heterocycles. The molecular weight excluding hydrogens is 326 g/mol. The molecule has 0 unspecified atom stereocenters. The number of hydrogen-bond donors (Lipinski definition) is 0. The van der Waals surface area contributed by atoms with Gasteiger partial charge < -0.3 is 0 Å². The fourth-order valence-corrected chi connectivity index (χ4v) is 3.97. The average molecular weight is 335 g/mol. The van der Waals surface area contributed by atoms with E-state index in [1.54, 1.807) is 15.9 Å². The van der Waals surface area contributed by atoms with Gasteiger partial charge in [0.2, 0.25) is 4.96 Å². The van der Waals surface area contributed by atoms with Gasteiger partial charge in [0.05, 0.1) is 10.4 Å². The van der Waals surface area contributed by atoms with Crippen LogP contribution in [0.3, 0.4) is 0 Å². The first-order chi connectivity index (χ1) is 11.4. The van der Waals surface area contributed by atoms with Gasteiger partial charge in [0.1, 0.15) is 5.69 Å². The number of hydrogen-bond acceptors (Lipinski definition) is 6. The van der Waals surface area contributed by atoms with Crippen LogP contribution < -0.4 is 0 Å². The summed E-state index contributed by atoms with van der Waals surface area (Å²) in [5.41, 5.74) is 1.82. The first-order valence-electron chi connectivity index (χ1n) is 7.01. The van der Waals surface area contributed by atoms with E-state index in [0.29, 0.717) is 0 Å². The third-order valence-electron chi connectivity index (χ3n) is 3.55. The number of rotatable bonds is 2. The zero-order valence-corrected chi connectivity index (χ0v) is 13.4. The molecule has 0 aliphatic rings. The van der Waals surface area contributed by atoms with Gasteiger partial charge in [-0.05, 0) is 23.6 Å². The lowest BCUT2D eigenvalue weighted by atomic mass is 10.2. The standard InChI is InChI=1S/C16H9N5S2/c1-2-5-11-10(4-1)7-8-12(17-11)15-20-21-14(13-6-3-9-22-13)18-19-16(21)23-15/h1-9H. The molecule has 0 amide bonds. The van der Waals surface area contributed by atoms with Crippen molar-refractivity contribution in [2.24, 2.45) is 0 Å². The van der Waals surface area contributed by atoms with E-state index in [-0.39, 0.29) is 0 Å². The van der Waals surface area contributed by atoms with Gasteiger partial charge in [0.15, 0.2) is 10.8 Å². The maximum atomic E-state index is 4.70. The number of nitrogens with zero attached hydrogens (tertiary/aromatic N) is 5. The Morgan fingerprint density at radius 1 is 0.913 bits per heavy atom. The zero-order valence-electron chi connectivity index (χ0n) is 11.7. The lowest BCUT2D eigenvalue weighted by molar-refractivity contribution is 0.971. The molecule has 5 aromatic rings. The van der Waals surface area contributed by atoms with Gasteiger partial charge in [-0.15, -0.1) is 21.5 Å². The van der Waals surface area contributed by atoms with Crippen molar-refractivity contribution in [1.82, 2.24) is 24.8 Å². The lowest BCUT2D eigenvalue weighted by Gasteiger charge is -1.99. The summed E-state index contributed by atoms with van der Waals surface area (Å²) in [6.45, 7) is 0. The molecule has 7 heteroatoms. The fraction of sp³-hybridized carbons (Fsp3) is 0. The Balaban J connectivity index is 1.67. The number of pyridine rings is 1. The van der Waals surface area contributed by atoms with Crippen molar-refractivity contribution in [3.8, 4) is 21.4 Å². The maximum Gasteiger partial charge on any atom is 0.235 e. The zero-order chi connectivity index (χ0) is 15.2. The summed E-state index contributed by atoms with van der Waals surface area (Å²) in [7, 11) is 0. The minimum Gasteiger partial charge on any atom is -0.245 e. The molecule has 0 saturated heterocycles. The van der Waals surface area contributed by atoms with Crippen LogP contribution in [0.1, 0.15) is 0 Å². The van der Waals surface area contributed by atoms with Crippen molar-refractivity contribution in [3.05, 3.63) is 53.9 Å². The molecule has 5 nitrogen and oxygen atoms in total. The molecule has 110 valence electrons. The molecule has 1 aromatic carbocycles.